The molecule has 2 aromatic rings. The van der Waals surface area contributed by atoms with Crippen molar-refractivity contribution in [3.05, 3.63) is 40.8 Å². The van der Waals surface area contributed by atoms with Crippen LogP contribution in [0.2, 0.25) is 5.02 Å². The van der Waals surface area contributed by atoms with Crippen molar-refractivity contribution in [2.45, 2.75) is 6.92 Å². The van der Waals surface area contributed by atoms with Crippen molar-refractivity contribution in [1.82, 2.24) is 14.8 Å². The van der Waals surface area contributed by atoms with E-state index in [0.717, 1.165) is 5.69 Å². The summed E-state index contributed by atoms with van der Waals surface area (Å²) in [6.07, 6.45) is 3.13. The molecule has 0 aliphatic carbocycles. The number of aromatic nitrogens is 3. The molecule has 0 saturated carbocycles. The van der Waals surface area contributed by atoms with Gasteiger partial charge in [-0.3, -0.25) is 5.41 Å². The van der Waals surface area contributed by atoms with Crippen LogP contribution in [0.25, 0.3) is 5.82 Å². The number of nitrogens with two attached hydrogens (primary N) is 1. The Morgan fingerprint density at radius 2 is 2.25 bits per heavy atom. The Bertz CT molecular complexity index is 546. The predicted molar refractivity (Wildman–Crippen MR) is 62.1 cm³/mol. The number of amidine groups is 1. The Labute approximate surface area is 97.4 Å². The minimum atomic E-state index is -0.0471. The maximum atomic E-state index is 7.47. The fraction of sp³-hybridized carbons (Fsp3) is 0.100. The van der Waals surface area contributed by atoms with E-state index in [9.17, 15) is 0 Å². The Morgan fingerprint density at radius 3 is 2.81 bits per heavy atom. The van der Waals surface area contributed by atoms with Crippen molar-refractivity contribution in [1.29, 1.82) is 5.41 Å². The van der Waals surface area contributed by atoms with Crippen LogP contribution in [0.3, 0.4) is 0 Å². The van der Waals surface area contributed by atoms with Crippen molar-refractivity contribution < 1.29 is 0 Å². The zero-order chi connectivity index (χ0) is 11.7. The highest BCUT2D eigenvalue weighted by Crippen LogP contribution is 2.14. The fourth-order valence-corrected chi connectivity index (χ4v) is 1.48. The van der Waals surface area contributed by atoms with Crippen LogP contribution in [-0.4, -0.2) is 20.6 Å². The molecule has 6 heteroatoms. The van der Waals surface area contributed by atoms with E-state index in [4.69, 9.17) is 22.7 Å². The molecule has 16 heavy (non-hydrogen) atoms. The van der Waals surface area contributed by atoms with E-state index >= 15 is 0 Å². The molecule has 0 amide bonds. The molecule has 2 rings (SSSR count). The molecule has 0 saturated heterocycles. The van der Waals surface area contributed by atoms with E-state index in [1.807, 2.05) is 6.92 Å². The molecule has 82 valence electrons. The van der Waals surface area contributed by atoms with Gasteiger partial charge < -0.3 is 5.73 Å². The normalized spacial score (nSPS) is 10.4. The van der Waals surface area contributed by atoms with Crippen molar-refractivity contribution in [3.63, 3.8) is 0 Å². The van der Waals surface area contributed by atoms with E-state index in [2.05, 4.69) is 10.1 Å². The first kappa shape index (κ1) is 10.6. The quantitative estimate of drug-likeness (QED) is 0.612. The van der Waals surface area contributed by atoms with Crippen LogP contribution >= 0.6 is 11.6 Å². The molecular weight excluding hydrogens is 226 g/mol. The average Bonchev–Trinajstić information content (AvgIpc) is 2.64. The highest BCUT2D eigenvalue weighted by Gasteiger charge is 2.10. The number of halogens is 1. The fourth-order valence-electron chi connectivity index (χ4n) is 1.34. The summed E-state index contributed by atoms with van der Waals surface area (Å²) in [6, 6.07) is 3.54. The van der Waals surface area contributed by atoms with Crippen molar-refractivity contribution >= 4 is 17.4 Å². The minimum Gasteiger partial charge on any atom is -0.384 e. The van der Waals surface area contributed by atoms with Gasteiger partial charge in [-0.2, -0.15) is 5.10 Å². The first-order chi connectivity index (χ1) is 7.58. The number of nitrogens with one attached hydrogen (secondary N) is 1. The molecule has 0 atom stereocenters. The van der Waals surface area contributed by atoms with E-state index < -0.39 is 0 Å². The van der Waals surface area contributed by atoms with Crippen LogP contribution in [0.4, 0.5) is 0 Å². The molecule has 0 bridgehead atoms. The number of hydrogen-bond donors (Lipinski definition) is 2. The molecule has 0 radical (unpaired) electrons. The smallest absolute Gasteiger partial charge is 0.164 e. The lowest BCUT2D eigenvalue weighted by molar-refractivity contribution is 0.838. The zero-order valence-corrected chi connectivity index (χ0v) is 9.36. The Morgan fingerprint density at radius 1 is 1.50 bits per heavy atom. The van der Waals surface area contributed by atoms with E-state index in [1.54, 1.807) is 18.3 Å². The lowest BCUT2D eigenvalue weighted by Gasteiger charge is -2.07. The number of nitrogens with zero attached hydrogens (tertiary/aromatic N) is 3. The molecule has 0 fully saturated rings. The van der Waals surface area contributed by atoms with Crippen LogP contribution in [0, 0.1) is 12.3 Å². The Balaban J connectivity index is 2.62. The molecule has 0 unspecified atom stereocenters. The lowest BCUT2D eigenvalue weighted by Crippen LogP contribution is -2.16. The zero-order valence-electron chi connectivity index (χ0n) is 8.61. The van der Waals surface area contributed by atoms with E-state index in [-0.39, 0.29) is 5.84 Å². The summed E-state index contributed by atoms with van der Waals surface area (Å²) in [7, 11) is 0. The number of nitrogen functional groups attached to an aromatic ring is 1. The van der Waals surface area contributed by atoms with Gasteiger partial charge in [0.05, 0.1) is 23.0 Å². The second-order valence-corrected chi connectivity index (χ2v) is 3.78. The maximum Gasteiger partial charge on any atom is 0.164 e. The molecule has 2 aromatic heterocycles. The van der Waals surface area contributed by atoms with Gasteiger partial charge >= 0.3 is 0 Å². The van der Waals surface area contributed by atoms with Gasteiger partial charge in [0.15, 0.2) is 5.82 Å². The molecule has 0 aromatic carbocycles. The van der Waals surface area contributed by atoms with Crippen LogP contribution in [0.5, 0.6) is 0 Å². The molecule has 0 spiro atoms. The van der Waals surface area contributed by atoms with Gasteiger partial charge in [-0.1, -0.05) is 11.6 Å². The van der Waals surface area contributed by atoms with Gasteiger partial charge in [-0.25, -0.2) is 9.67 Å². The molecule has 0 aliphatic heterocycles. The molecule has 5 nitrogen and oxygen atoms in total. The van der Waals surface area contributed by atoms with E-state index in [1.165, 1.54) is 10.9 Å². The van der Waals surface area contributed by atoms with Gasteiger partial charge in [0, 0.05) is 5.69 Å². The number of pyridine rings is 1. The summed E-state index contributed by atoms with van der Waals surface area (Å²) in [4.78, 5) is 4.30. The second-order valence-electron chi connectivity index (χ2n) is 3.34. The molecule has 0 aliphatic rings. The summed E-state index contributed by atoms with van der Waals surface area (Å²) in [5.41, 5.74) is 6.84. The highest BCUT2D eigenvalue weighted by atomic mass is 35.5. The SMILES string of the molecule is Cc1ccc(C(=N)N)c(-n2cc(Cl)cn2)n1. The van der Waals surface area contributed by atoms with Crippen molar-refractivity contribution in [2.24, 2.45) is 5.73 Å². The third-order valence-electron chi connectivity index (χ3n) is 2.07. The summed E-state index contributed by atoms with van der Waals surface area (Å²) in [6.45, 7) is 1.86. The van der Waals surface area contributed by atoms with Gasteiger partial charge in [0.1, 0.15) is 5.84 Å². The van der Waals surface area contributed by atoms with Crippen molar-refractivity contribution in [2.75, 3.05) is 0 Å². The monoisotopic (exact) mass is 235 g/mol. The van der Waals surface area contributed by atoms with Gasteiger partial charge in [-0.15, -0.1) is 0 Å². The third kappa shape index (κ3) is 1.90. The first-order valence-electron chi connectivity index (χ1n) is 4.60. The van der Waals surface area contributed by atoms with Gasteiger partial charge in [0.25, 0.3) is 0 Å². The second kappa shape index (κ2) is 3.94. The van der Waals surface area contributed by atoms with Crippen LogP contribution in [0.15, 0.2) is 24.5 Å². The first-order valence-corrected chi connectivity index (χ1v) is 4.98. The summed E-state index contributed by atoms with van der Waals surface area (Å²) < 4.78 is 1.51. The number of hydrogen-bond acceptors (Lipinski definition) is 3. The van der Waals surface area contributed by atoms with Crippen molar-refractivity contribution in [3.8, 4) is 5.82 Å². The standard InChI is InChI=1S/C10H10ClN5/c1-6-2-3-8(9(12)13)10(15-6)16-5-7(11)4-14-16/h2-5H,1H3,(H3,12,13). The van der Waals surface area contributed by atoms with Gasteiger partial charge in [0.2, 0.25) is 0 Å². The molecule has 2 heterocycles. The highest BCUT2D eigenvalue weighted by molar-refractivity contribution is 6.30. The van der Waals surface area contributed by atoms with E-state index in [0.29, 0.717) is 16.4 Å². The topological polar surface area (TPSA) is 80.6 Å². The van der Waals surface area contributed by atoms with Crippen LogP contribution in [-0.2, 0) is 0 Å². The minimum absolute atomic E-state index is 0.0471. The Kier molecular flexibility index (Phi) is 2.62. The molecular formula is C10H10ClN5. The van der Waals surface area contributed by atoms with Gasteiger partial charge in [-0.05, 0) is 19.1 Å². The number of rotatable bonds is 2. The predicted octanol–water partition coefficient (Wildman–Crippen LogP) is 1.51. The number of aryl methyl sites for hydroxylation is 1. The Hall–Kier alpha value is -1.88. The third-order valence-corrected chi connectivity index (χ3v) is 2.27. The average molecular weight is 236 g/mol. The molecule has 3 N–H and O–H groups in total. The van der Waals surface area contributed by atoms with Crippen LogP contribution in [0.1, 0.15) is 11.3 Å². The summed E-state index contributed by atoms with van der Waals surface area (Å²) in [5.74, 6) is 0.466. The van der Waals surface area contributed by atoms with Crippen LogP contribution < -0.4 is 5.73 Å². The summed E-state index contributed by atoms with van der Waals surface area (Å²) >= 11 is 5.79. The maximum absolute atomic E-state index is 7.47. The lowest BCUT2D eigenvalue weighted by atomic mass is 10.2. The largest absolute Gasteiger partial charge is 0.384 e. The summed E-state index contributed by atoms with van der Waals surface area (Å²) in [5, 5.41) is 12.0.